The molecule has 114 valence electrons. The van der Waals surface area contributed by atoms with E-state index >= 15 is 0 Å². The van der Waals surface area contributed by atoms with Crippen molar-refractivity contribution in [3.05, 3.63) is 29.8 Å². The van der Waals surface area contributed by atoms with Gasteiger partial charge in [-0.2, -0.15) is 0 Å². The van der Waals surface area contributed by atoms with Crippen molar-refractivity contribution in [1.29, 1.82) is 0 Å². The Kier molecular flexibility index (Phi) is 6.05. The molecule has 20 heavy (non-hydrogen) atoms. The molecule has 3 nitrogen and oxygen atoms in total. The summed E-state index contributed by atoms with van der Waals surface area (Å²) < 4.78 is 27.2. The fraction of sp³-hybridized carbons (Fsp3) is 0.600. The van der Waals surface area contributed by atoms with Crippen LogP contribution in [-0.2, 0) is 16.4 Å². The summed E-state index contributed by atoms with van der Waals surface area (Å²) in [4.78, 5) is 0.336. The molecular formula is C15H24ClNO2S. The van der Waals surface area contributed by atoms with E-state index in [0.717, 1.165) is 12.0 Å². The van der Waals surface area contributed by atoms with Crippen molar-refractivity contribution in [2.75, 3.05) is 6.54 Å². The lowest BCUT2D eigenvalue weighted by Gasteiger charge is -2.25. The number of sulfonamides is 1. The van der Waals surface area contributed by atoms with Crippen molar-refractivity contribution in [2.24, 2.45) is 5.41 Å². The quantitative estimate of drug-likeness (QED) is 0.815. The number of alkyl halides is 1. The molecular weight excluding hydrogens is 294 g/mol. The summed E-state index contributed by atoms with van der Waals surface area (Å²) in [6, 6.07) is 7.06. The minimum Gasteiger partial charge on any atom is -0.211 e. The Morgan fingerprint density at radius 3 is 2.40 bits per heavy atom. The van der Waals surface area contributed by atoms with Gasteiger partial charge in [-0.05, 0) is 29.9 Å². The first-order valence-electron chi connectivity index (χ1n) is 6.90. The van der Waals surface area contributed by atoms with Gasteiger partial charge in [-0.3, -0.25) is 0 Å². The molecule has 0 aliphatic carbocycles. The van der Waals surface area contributed by atoms with Crippen molar-refractivity contribution in [1.82, 2.24) is 4.72 Å². The zero-order valence-corrected chi connectivity index (χ0v) is 14.2. The third-order valence-electron chi connectivity index (χ3n) is 3.14. The zero-order valence-electron chi connectivity index (χ0n) is 12.6. The van der Waals surface area contributed by atoms with E-state index in [1.165, 1.54) is 0 Å². The topological polar surface area (TPSA) is 46.2 Å². The minimum absolute atomic E-state index is 0.0741. The van der Waals surface area contributed by atoms with Gasteiger partial charge in [-0.1, -0.05) is 45.9 Å². The van der Waals surface area contributed by atoms with E-state index in [9.17, 15) is 8.42 Å². The highest BCUT2D eigenvalue weighted by Gasteiger charge is 2.25. The van der Waals surface area contributed by atoms with Gasteiger partial charge in [0.05, 0.1) is 4.90 Å². The molecule has 1 rings (SSSR count). The molecule has 0 amide bonds. The van der Waals surface area contributed by atoms with Crippen LogP contribution in [0.5, 0.6) is 0 Å². The number of nitrogens with one attached hydrogen (secondary N) is 1. The van der Waals surface area contributed by atoms with Crippen LogP contribution in [0.4, 0.5) is 0 Å². The van der Waals surface area contributed by atoms with Gasteiger partial charge in [-0.15, -0.1) is 11.6 Å². The average molecular weight is 318 g/mol. The van der Waals surface area contributed by atoms with E-state index in [2.05, 4.69) is 25.5 Å². The third-order valence-corrected chi connectivity index (χ3v) is 5.51. The molecule has 5 heteroatoms. The van der Waals surface area contributed by atoms with Crippen LogP contribution in [0.2, 0.25) is 0 Å². The van der Waals surface area contributed by atoms with E-state index in [0.29, 0.717) is 17.9 Å². The lowest BCUT2D eigenvalue weighted by Crippen LogP contribution is -2.27. The number of hydrogen-bond donors (Lipinski definition) is 1. The van der Waals surface area contributed by atoms with E-state index < -0.39 is 10.0 Å². The summed E-state index contributed by atoms with van der Waals surface area (Å²) in [5, 5.41) is -0.120. The second kappa shape index (κ2) is 6.92. The first kappa shape index (κ1) is 17.5. The first-order valence-corrected chi connectivity index (χ1v) is 8.82. The molecule has 0 aliphatic heterocycles. The van der Waals surface area contributed by atoms with E-state index in [-0.39, 0.29) is 10.8 Å². The Bertz CT molecular complexity index is 535. The maximum Gasteiger partial charge on any atom is 0.240 e. The van der Waals surface area contributed by atoms with Crippen LogP contribution in [-0.4, -0.2) is 20.3 Å². The van der Waals surface area contributed by atoms with E-state index in [1.807, 2.05) is 19.1 Å². The SMILES string of the molecule is CCCNS(=O)(=O)c1ccccc1CC(Cl)C(C)(C)C. The number of halogens is 1. The molecule has 0 bridgehead atoms. The Morgan fingerprint density at radius 2 is 1.85 bits per heavy atom. The third kappa shape index (κ3) is 4.76. The normalized spacial score (nSPS) is 14.2. The maximum atomic E-state index is 12.3. The van der Waals surface area contributed by atoms with Crippen LogP contribution in [0, 0.1) is 5.41 Å². The van der Waals surface area contributed by atoms with Crippen molar-refractivity contribution in [3.8, 4) is 0 Å². The van der Waals surface area contributed by atoms with Crippen LogP contribution >= 0.6 is 11.6 Å². The molecule has 0 spiro atoms. The molecule has 0 fully saturated rings. The van der Waals surface area contributed by atoms with Crippen molar-refractivity contribution < 1.29 is 8.42 Å². The molecule has 1 aromatic rings. The van der Waals surface area contributed by atoms with Crippen LogP contribution in [0.3, 0.4) is 0 Å². The summed E-state index contributed by atoms with van der Waals surface area (Å²) >= 11 is 6.40. The molecule has 1 atom stereocenters. The molecule has 0 aromatic heterocycles. The average Bonchev–Trinajstić information content (AvgIpc) is 2.36. The van der Waals surface area contributed by atoms with Crippen molar-refractivity contribution in [2.45, 2.75) is 50.8 Å². The Hall–Kier alpha value is -0.580. The fourth-order valence-electron chi connectivity index (χ4n) is 1.75. The highest BCUT2D eigenvalue weighted by Crippen LogP contribution is 2.29. The van der Waals surface area contributed by atoms with Crippen molar-refractivity contribution in [3.63, 3.8) is 0 Å². The van der Waals surface area contributed by atoms with Gasteiger partial charge in [0, 0.05) is 11.9 Å². The summed E-state index contributed by atoms with van der Waals surface area (Å²) in [6.07, 6.45) is 1.30. The Labute approximate surface area is 127 Å². The highest BCUT2D eigenvalue weighted by molar-refractivity contribution is 7.89. The summed E-state index contributed by atoms with van der Waals surface area (Å²) in [7, 11) is -3.45. The molecule has 1 unspecified atom stereocenters. The van der Waals surface area contributed by atoms with Crippen LogP contribution in [0.25, 0.3) is 0 Å². The molecule has 0 saturated carbocycles. The lowest BCUT2D eigenvalue weighted by molar-refractivity contribution is 0.385. The summed E-state index contributed by atoms with van der Waals surface area (Å²) in [5.41, 5.74) is 0.695. The van der Waals surface area contributed by atoms with Crippen LogP contribution in [0.1, 0.15) is 39.7 Å². The number of hydrogen-bond acceptors (Lipinski definition) is 2. The molecule has 1 aromatic carbocycles. The van der Waals surface area contributed by atoms with Gasteiger partial charge in [-0.25, -0.2) is 13.1 Å². The van der Waals surface area contributed by atoms with Crippen molar-refractivity contribution >= 4 is 21.6 Å². The highest BCUT2D eigenvalue weighted by atomic mass is 35.5. The molecule has 0 heterocycles. The van der Waals surface area contributed by atoms with Gasteiger partial charge in [0.1, 0.15) is 0 Å². The molecule has 0 aliphatic rings. The zero-order chi connectivity index (χ0) is 15.4. The standard InChI is InChI=1S/C15H24ClNO2S/c1-5-10-17-20(18,19)13-9-7-6-8-12(13)11-14(16)15(2,3)4/h6-9,14,17H,5,10-11H2,1-4H3. The lowest BCUT2D eigenvalue weighted by atomic mass is 9.88. The Morgan fingerprint density at radius 1 is 1.25 bits per heavy atom. The Balaban J connectivity index is 3.06. The van der Waals surface area contributed by atoms with E-state index in [4.69, 9.17) is 11.6 Å². The smallest absolute Gasteiger partial charge is 0.211 e. The second-order valence-corrected chi connectivity index (χ2v) is 8.31. The van der Waals surface area contributed by atoms with Gasteiger partial charge in [0.2, 0.25) is 10.0 Å². The second-order valence-electron chi connectivity index (χ2n) is 6.04. The predicted octanol–water partition coefficient (Wildman–Crippen LogP) is 3.57. The summed E-state index contributed by atoms with van der Waals surface area (Å²) in [6.45, 7) is 8.54. The van der Waals surface area contributed by atoms with Gasteiger partial charge < -0.3 is 0 Å². The largest absolute Gasteiger partial charge is 0.240 e. The molecule has 1 N–H and O–H groups in total. The number of benzene rings is 1. The van der Waals surface area contributed by atoms with Gasteiger partial charge in [0.25, 0.3) is 0 Å². The van der Waals surface area contributed by atoms with Gasteiger partial charge >= 0.3 is 0 Å². The molecule has 0 saturated heterocycles. The van der Waals surface area contributed by atoms with E-state index in [1.54, 1.807) is 12.1 Å². The van der Waals surface area contributed by atoms with Crippen LogP contribution in [0.15, 0.2) is 29.2 Å². The minimum atomic E-state index is -3.45. The fourth-order valence-corrected chi connectivity index (χ4v) is 3.30. The predicted molar refractivity (Wildman–Crippen MR) is 84.7 cm³/mol. The van der Waals surface area contributed by atoms with Crippen LogP contribution < -0.4 is 4.72 Å². The van der Waals surface area contributed by atoms with Gasteiger partial charge in [0.15, 0.2) is 0 Å². The maximum absolute atomic E-state index is 12.3. The molecule has 0 radical (unpaired) electrons. The first-order chi connectivity index (χ1) is 9.18. The summed E-state index contributed by atoms with van der Waals surface area (Å²) in [5.74, 6) is 0. The monoisotopic (exact) mass is 317 g/mol. The number of rotatable bonds is 6.